The van der Waals surface area contributed by atoms with Crippen molar-refractivity contribution in [3.05, 3.63) is 29.3 Å². The second kappa shape index (κ2) is 3.71. The molecule has 0 spiro atoms. The van der Waals surface area contributed by atoms with E-state index in [1.807, 2.05) is 19.1 Å². The molecule has 0 fully saturated rings. The van der Waals surface area contributed by atoms with Crippen molar-refractivity contribution in [1.82, 2.24) is 0 Å². The Morgan fingerprint density at radius 1 is 1.55 bits per heavy atom. The third kappa shape index (κ3) is 1.71. The van der Waals surface area contributed by atoms with Crippen LogP contribution in [0, 0.1) is 6.92 Å². The summed E-state index contributed by atoms with van der Waals surface area (Å²) < 4.78 is 4.96. The number of rotatable bonds is 2. The third-order valence-electron chi connectivity index (χ3n) is 1.49. The molecule has 0 saturated heterocycles. The van der Waals surface area contributed by atoms with Gasteiger partial charge in [0, 0.05) is 0 Å². The van der Waals surface area contributed by atoms with Crippen molar-refractivity contribution < 1.29 is 7.86 Å². The molecule has 0 aromatic heterocycles. The van der Waals surface area contributed by atoms with Crippen LogP contribution >= 0.6 is 23.0 Å². The maximum atomic E-state index is 10.5. The van der Waals surface area contributed by atoms with Gasteiger partial charge in [0.2, 0.25) is 0 Å². The van der Waals surface area contributed by atoms with E-state index in [0.29, 0.717) is 11.3 Å². The molecule has 3 heteroatoms. The molecule has 0 amide bonds. The van der Waals surface area contributed by atoms with Gasteiger partial charge in [0.05, 0.1) is 5.56 Å². The lowest BCUT2D eigenvalue weighted by atomic mass is 10.1. The van der Waals surface area contributed by atoms with Crippen LogP contribution < -0.4 is 3.07 Å². The van der Waals surface area contributed by atoms with E-state index in [4.69, 9.17) is 3.07 Å². The van der Waals surface area contributed by atoms with E-state index >= 15 is 0 Å². The Hall–Kier alpha value is -0.580. The Balaban J connectivity index is 3.24. The summed E-state index contributed by atoms with van der Waals surface area (Å²) in [6.45, 7) is 1.88. The van der Waals surface area contributed by atoms with Gasteiger partial charge in [0.1, 0.15) is 5.75 Å². The highest BCUT2D eigenvalue weighted by molar-refractivity contribution is 14.1. The topological polar surface area (TPSA) is 26.3 Å². The average molecular weight is 262 g/mol. The maximum absolute atomic E-state index is 10.5. The monoisotopic (exact) mass is 262 g/mol. The van der Waals surface area contributed by atoms with E-state index in [0.717, 1.165) is 11.8 Å². The van der Waals surface area contributed by atoms with Gasteiger partial charge in [-0.15, -0.1) is 0 Å². The molecular weight excluding hydrogens is 255 g/mol. The van der Waals surface area contributed by atoms with Gasteiger partial charge >= 0.3 is 0 Å². The van der Waals surface area contributed by atoms with Gasteiger partial charge in [-0.2, -0.15) is 0 Å². The lowest BCUT2D eigenvalue weighted by Gasteiger charge is -2.02. The molecule has 0 N–H and O–H groups in total. The molecule has 0 unspecified atom stereocenters. The van der Waals surface area contributed by atoms with Gasteiger partial charge in [0.25, 0.3) is 0 Å². The van der Waals surface area contributed by atoms with Crippen LogP contribution in [0.1, 0.15) is 15.9 Å². The smallest absolute Gasteiger partial charge is 0.192 e. The SMILES string of the molecule is Cc1cccc(OI)c1C=O. The first-order valence-electron chi connectivity index (χ1n) is 3.13. The number of hydrogen-bond donors (Lipinski definition) is 0. The van der Waals surface area contributed by atoms with Gasteiger partial charge in [0.15, 0.2) is 29.3 Å². The summed E-state index contributed by atoms with van der Waals surface area (Å²) in [5.74, 6) is 0.626. The van der Waals surface area contributed by atoms with Crippen LogP contribution in [0.15, 0.2) is 18.2 Å². The normalized spacial score (nSPS) is 9.27. The summed E-state index contributed by atoms with van der Waals surface area (Å²) in [6.07, 6.45) is 0.809. The quantitative estimate of drug-likeness (QED) is 0.604. The zero-order valence-electron chi connectivity index (χ0n) is 6.00. The van der Waals surface area contributed by atoms with Crippen molar-refractivity contribution in [3.8, 4) is 5.75 Å². The molecule has 0 bridgehead atoms. The molecular formula is C8H7IO2. The van der Waals surface area contributed by atoms with Crippen molar-refractivity contribution in [3.63, 3.8) is 0 Å². The Kier molecular flexibility index (Phi) is 2.87. The number of aldehydes is 1. The van der Waals surface area contributed by atoms with Gasteiger partial charge in [-0.05, 0) is 18.6 Å². The molecule has 58 valence electrons. The largest absolute Gasteiger partial charge is 0.427 e. The number of aryl methyl sites for hydroxylation is 1. The zero-order valence-corrected chi connectivity index (χ0v) is 8.16. The summed E-state index contributed by atoms with van der Waals surface area (Å²) in [4.78, 5) is 10.5. The predicted octanol–water partition coefficient (Wildman–Crippen LogP) is 2.54. The minimum atomic E-state index is 0.626. The minimum Gasteiger partial charge on any atom is -0.427 e. The summed E-state index contributed by atoms with van der Waals surface area (Å²) in [5, 5.41) is 0. The average Bonchev–Trinajstić information content (AvgIpc) is 2.04. The number of benzene rings is 1. The predicted molar refractivity (Wildman–Crippen MR) is 51.2 cm³/mol. The van der Waals surface area contributed by atoms with E-state index in [1.165, 1.54) is 0 Å². The first-order valence-corrected chi connectivity index (χ1v) is 4.01. The van der Waals surface area contributed by atoms with Crippen LogP contribution in [-0.2, 0) is 0 Å². The van der Waals surface area contributed by atoms with Crippen LogP contribution in [0.3, 0.4) is 0 Å². The first-order chi connectivity index (χ1) is 5.29. The van der Waals surface area contributed by atoms with E-state index in [2.05, 4.69) is 0 Å². The lowest BCUT2D eigenvalue weighted by Crippen LogP contribution is -1.88. The van der Waals surface area contributed by atoms with E-state index in [1.54, 1.807) is 29.1 Å². The lowest BCUT2D eigenvalue weighted by molar-refractivity contribution is 0.112. The van der Waals surface area contributed by atoms with Gasteiger partial charge in [-0.3, -0.25) is 4.79 Å². The summed E-state index contributed by atoms with van der Waals surface area (Å²) in [5.41, 5.74) is 1.57. The Morgan fingerprint density at radius 2 is 2.27 bits per heavy atom. The molecule has 2 nitrogen and oxygen atoms in total. The number of carbonyl (C=O) groups is 1. The first kappa shape index (κ1) is 8.52. The van der Waals surface area contributed by atoms with Crippen molar-refractivity contribution >= 4 is 29.3 Å². The number of carbonyl (C=O) groups excluding carboxylic acids is 1. The zero-order chi connectivity index (χ0) is 8.27. The molecule has 1 aromatic carbocycles. The van der Waals surface area contributed by atoms with Crippen LogP contribution in [-0.4, -0.2) is 6.29 Å². The molecule has 0 heterocycles. The fourth-order valence-electron chi connectivity index (χ4n) is 0.872. The summed E-state index contributed by atoms with van der Waals surface area (Å²) >= 11 is 1.76. The number of halogens is 1. The van der Waals surface area contributed by atoms with Gasteiger partial charge < -0.3 is 3.07 Å². The van der Waals surface area contributed by atoms with E-state index in [-0.39, 0.29) is 0 Å². The molecule has 0 atom stereocenters. The Bertz CT molecular complexity index is 271. The van der Waals surface area contributed by atoms with Crippen molar-refractivity contribution in [1.29, 1.82) is 0 Å². The highest BCUT2D eigenvalue weighted by Crippen LogP contribution is 2.21. The Morgan fingerprint density at radius 3 is 2.73 bits per heavy atom. The maximum Gasteiger partial charge on any atom is 0.192 e. The van der Waals surface area contributed by atoms with Crippen molar-refractivity contribution in [2.75, 3.05) is 0 Å². The highest BCUT2D eigenvalue weighted by atomic mass is 127. The molecule has 1 aromatic rings. The third-order valence-corrected chi connectivity index (χ3v) is 1.96. The van der Waals surface area contributed by atoms with E-state index < -0.39 is 0 Å². The van der Waals surface area contributed by atoms with Crippen molar-refractivity contribution in [2.24, 2.45) is 0 Å². The van der Waals surface area contributed by atoms with Crippen LogP contribution in [0.2, 0.25) is 0 Å². The molecule has 1 rings (SSSR count). The second-order valence-corrected chi connectivity index (χ2v) is 2.62. The fourth-order valence-corrected chi connectivity index (χ4v) is 1.26. The second-order valence-electron chi connectivity index (χ2n) is 2.18. The number of hydrogen-bond acceptors (Lipinski definition) is 2. The van der Waals surface area contributed by atoms with Gasteiger partial charge in [-0.1, -0.05) is 12.1 Å². The molecule has 0 aliphatic heterocycles. The Labute approximate surface area is 79.2 Å². The minimum absolute atomic E-state index is 0.626. The molecule has 0 aliphatic rings. The standard InChI is InChI=1S/C8H7IO2/c1-6-3-2-4-8(11-9)7(6)5-10/h2-5H,1H3. The molecule has 11 heavy (non-hydrogen) atoms. The molecule has 0 saturated carbocycles. The highest BCUT2D eigenvalue weighted by Gasteiger charge is 2.03. The van der Waals surface area contributed by atoms with Crippen LogP contribution in [0.5, 0.6) is 5.75 Å². The fraction of sp³-hybridized carbons (Fsp3) is 0.125. The summed E-state index contributed by atoms with van der Waals surface area (Å²) in [6, 6.07) is 5.50. The molecule has 0 aliphatic carbocycles. The van der Waals surface area contributed by atoms with Crippen LogP contribution in [0.25, 0.3) is 0 Å². The summed E-state index contributed by atoms with van der Waals surface area (Å²) in [7, 11) is 0. The van der Waals surface area contributed by atoms with Crippen molar-refractivity contribution in [2.45, 2.75) is 6.92 Å². The van der Waals surface area contributed by atoms with Crippen LogP contribution in [0.4, 0.5) is 0 Å². The molecule has 0 radical (unpaired) electrons. The van der Waals surface area contributed by atoms with Gasteiger partial charge in [-0.25, -0.2) is 0 Å². The van der Waals surface area contributed by atoms with E-state index in [9.17, 15) is 4.79 Å².